The van der Waals surface area contributed by atoms with E-state index in [2.05, 4.69) is 15.6 Å². The first-order valence-electron chi connectivity index (χ1n) is 10.1. The van der Waals surface area contributed by atoms with Gasteiger partial charge in [-0.1, -0.05) is 29.5 Å². The average molecular weight is 455 g/mol. The predicted molar refractivity (Wildman–Crippen MR) is 108 cm³/mol. The molecule has 1 atom stereocenters. The van der Waals surface area contributed by atoms with E-state index < -0.39 is 23.7 Å². The summed E-state index contributed by atoms with van der Waals surface area (Å²) < 4.78 is 41.4. The SMILES string of the molecule is O=C1CCC(N2Cc3ccc(-n4cc(-c5ccccc5C(F)(F)F)nn4)cc3C2=O)C(=O)N1. The molecule has 2 aliphatic heterocycles. The lowest BCUT2D eigenvalue weighted by molar-refractivity contribution is -0.138. The van der Waals surface area contributed by atoms with Crippen LogP contribution in [-0.4, -0.2) is 43.7 Å². The Hall–Kier alpha value is -4.02. The molecule has 0 bridgehead atoms. The smallest absolute Gasteiger partial charge is 0.322 e. The van der Waals surface area contributed by atoms with Crippen LogP contribution in [0.2, 0.25) is 0 Å². The van der Waals surface area contributed by atoms with Crippen molar-refractivity contribution < 1.29 is 27.6 Å². The van der Waals surface area contributed by atoms with Crippen molar-refractivity contribution >= 4 is 17.7 Å². The number of carbonyl (C=O) groups is 3. The van der Waals surface area contributed by atoms with Crippen LogP contribution < -0.4 is 5.32 Å². The van der Waals surface area contributed by atoms with Crippen molar-refractivity contribution in [2.24, 2.45) is 0 Å². The number of halogens is 3. The number of piperidine rings is 1. The summed E-state index contributed by atoms with van der Waals surface area (Å²) in [5, 5.41) is 10.1. The maximum Gasteiger partial charge on any atom is 0.417 e. The molecule has 168 valence electrons. The highest BCUT2D eigenvalue weighted by Gasteiger charge is 2.39. The second-order valence-electron chi connectivity index (χ2n) is 7.83. The van der Waals surface area contributed by atoms with Gasteiger partial charge in [0.05, 0.1) is 17.4 Å². The summed E-state index contributed by atoms with van der Waals surface area (Å²) in [7, 11) is 0. The summed E-state index contributed by atoms with van der Waals surface area (Å²) in [6.45, 7) is 0.224. The molecule has 0 saturated carbocycles. The quantitative estimate of drug-likeness (QED) is 0.613. The summed E-state index contributed by atoms with van der Waals surface area (Å²) in [6.07, 6.45) is -2.77. The van der Waals surface area contributed by atoms with Crippen LogP contribution in [0.3, 0.4) is 0 Å². The normalized spacial score (nSPS) is 18.5. The van der Waals surface area contributed by atoms with Gasteiger partial charge in [0.2, 0.25) is 11.8 Å². The van der Waals surface area contributed by atoms with E-state index in [1.54, 1.807) is 18.2 Å². The number of hydrogen-bond acceptors (Lipinski definition) is 5. The van der Waals surface area contributed by atoms with Crippen LogP contribution in [0.15, 0.2) is 48.7 Å². The highest BCUT2D eigenvalue weighted by atomic mass is 19.4. The van der Waals surface area contributed by atoms with E-state index in [1.165, 1.54) is 34.0 Å². The van der Waals surface area contributed by atoms with E-state index >= 15 is 0 Å². The van der Waals surface area contributed by atoms with Crippen molar-refractivity contribution in [2.75, 3.05) is 0 Å². The monoisotopic (exact) mass is 455 g/mol. The van der Waals surface area contributed by atoms with Crippen molar-refractivity contribution in [3.05, 3.63) is 65.4 Å². The lowest BCUT2D eigenvalue weighted by Crippen LogP contribution is -2.52. The molecule has 8 nitrogen and oxygen atoms in total. The molecular formula is C22H16F3N5O3. The molecule has 0 aliphatic carbocycles. The van der Waals surface area contributed by atoms with Gasteiger partial charge in [0.25, 0.3) is 5.91 Å². The zero-order valence-electron chi connectivity index (χ0n) is 17.0. The first kappa shape index (κ1) is 20.9. The van der Waals surface area contributed by atoms with Crippen molar-refractivity contribution in [3.8, 4) is 16.9 Å². The molecular weight excluding hydrogens is 439 g/mol. The lowest BCUT2D eigenvalue weighted by atomic mass is 10.0. The van der Waals surface area contributed by atoms with E-state index in [9.17, 15) is 27.6 Å². The standard InChI is InChI=1S/C22H16F3N5O3/c23-22(24,25)16-4-2-1-3-14(16)17-11-30(28-27-17)13-6-5-12-10-29(21(33)15(12)9-13)18-7-8-19(31)26-20(18)32/h1-6,9,11,18H,7-8,10H2,(H,26,31,32). The molecule has 3 amide bonds. The third-order valence-corrected chi connectivity index (χ3v) is 5.78. The van der Waals surface area contributed by atoms with Gasteiger partial charge in [0.1, 0.15) is 11.7 Å². The molecule has 3 aromatic rings. The number of carbonyl (C=O) groups excluding carboxylic acids is 3. The minimum Gasteiger partial charge on any atom is -0.322 e. The largest absolute Gasteiger partial charge is 0.417 e. The van der Waals surface area contributed by atoms with E-state index in [-0.39, 0.29) is 42.5 Å². The van der Waals surface area contributed by atoms with Gasteiger partial charge in [-0.05, 0) is 30.2 Å². The van der Waals surface area contributed by atoms with Gasteiger partial charge in [-0.3, -0.25) is 19.7 Å². The molecule has 1 fully saturated rings. The molecule has 1 aromatic heterocycles. The fourth-order valence-electron chi connectivity index (χ4n) is 4.15. The lowest BCUT2D eigenvalue weighted by Gasteiger charge is -2.29. The fourth-order valence-corrected chi connectivity index (χ4v) is 4.15. The third-order valence-electron chi connectivity index (χ3n) is 5.78. The summed E-state index contributed by atoms with van der Waals surface area (Å²) in [5.41, 5.74) is 0.634. The van der Waals surface area contributed by atoms with Gasteiger partial charge in [-0.2, -0.15) is 13.2 Å². The zero-order valence-corrected chi connectivity index (χ0v) is 17.0. The molecule has 1 N–H and O–H groups in total. The fraction of sp³-hybridized carbons (Fsp3) is 0.227. The molecule has 33 heavy (non-hydrogen) atoms. The summed E-state index contributed by atoms with van der Waals surface area (Å²) in [6, 6.07) is 9.31. The summed E-state index contributed by atoms with van der Waals surface area (Å²) in [5.74, 6) is -1.22. The van der Waals surface area contributed by atoms with Crippen LogP contribution in [0.1, 0.15) is 34.3 Å². The second kappa shape index (κ2) is 7.54. The highest BCUT2D eigenvalue weighted by Crippen LogP contribution is 2.36. The Balaban J connectivity index is 1.43. The zero-order chi connectivity index (χ0) is 23.3. The molecule has 1 saturated heterocycles. The number of rotatable bonds is 3. The number of aromatic nitrogens is 3. The van der Waals surface area contributed by atoms with E-state index in [1.807, 2.05) is 0 Å². The van der Waals surface area contributed by atoms with Crippen molar-refractivity contribution in [3.63, 3.8) is 0 Å². The van der Waals surface area contributed by atoms with Gasteiger partial charge in [0.15, 0.2) is 0 Å². The minimum atomic E-state index is -4.54. The number of hydrogen-bond donors (Lipinski definition) is 1. The van der Waals surface area contributed by atoms with Crippen LogP contribution in [0.25, 0.3) is 16.9 Å². The first-order valence-corrected chi connectivity index (χ1v) is 10.1. The van der Waals surface area contributed by atoms with E-state index in [0.717, 1.165) is 6.07 Å². The molecule has 1 unspecified atom stereocenters. The molecule has 5 rings (SSSR count). The number of fused-ring (bicyclic) bond motifs is 1. The molecule has 3 heterocycles. The topological polar surface area (TPSA) is 97.2 Å². The second-order valence-corrected chi connectivity index (χ2v) is 7.83. The highest BCUT2D eigenvalue weighted by molar-refractivity contribution is 6.05. The van der Waals surface area contributed by atoms with Gasteiger partial charge < -0.3 is 4.90 Å². The van der Waals surface area contributed by atoms with Gasteiger partial charge in [-0.25, -0.2) is 4.68 Å². The first-order chi connectivity index (χ1) is 15.7. The Bertz CT molecular complexity index is 1300. The number of benzene rings is 2. The van der Waals surface area contributed by atoms with Gasteiger partial charge in [0, 0.05) is 24.1 Å². The molecule has 0 spiro atoms. The minimum absolute atomic E-state index is 0.0416. The van der Waals surface area contributed by atoms with Gasteiger partial charge >= 0.3 is 6.18 Å². The van der Waals surface area contributed by atoms with Crippen molar-refractivity contribution in [1.82, 2.24) is 25.2 Å². The van der Waals surface area contributed by atoms with Crippen LogP contribution in [-0.2, 0) is 22.3 Å². The Morgan fingerprint density at radius 3 is 2.58 bits per heavy atom. The maximum absolute atomic E-state index is 13.4. The number of alkyl halides is 3. The van der Waals surface area contributed by atoms with E-state index in [4.69, 9.17) is 0 Å². The molecule has 11 heteroatoms. The molecule has 2 aliphatic rings. The number of amides is 3. The Kier molecular flexibility index (Phi) is 4.76. The van der Waals surface area contributed by atoms with E-state index in [0.29, 0.717) is 16.8 Å². The van der Waals surface area contributed by atoms with Crippen molar-refractivity contribution in [2.45, 2.75) is 31.6 Å². The van der Waals surface area contributed by atoms with Gasteiger partial charge in [-0.15, -0.1) is 5.10 Å². The summed E-state index contributed by atoms with van der Waals surface area (Å²) >= 11 is 0. The van der Waals surface area contributed by atoms with Crippen LogP contribution in [0.4, 0.5) is 13.2 Å². The summed E-state index contributed by atoms with van der Waals surface area (Å²) in [4.78, 5) is 38.0. The van der Waals surface area contributed by atoms with Crippen LogP contribution in [0.5, 0.6) is 0 Å². The maximum atomic E-state index is 13.4. The average Bonchev–Trinajstić information content (AvgIpc) is 3.38. The molecule has 2 aromatic carbocycles. The Labute approximate surface area is 185 Å². The number of nitrogens with one attached hydrogen (secondary N) is 1. The predicted octanol–water partition coefficient (Wildman–Crippen LogP) is 2.71. The van der Waals surface area contributed by atoms with Crippen LogP contribution in [0, 0.1) is 0 Å². The number of nitrogens with zero attached hydrogens (tertiary/aromatic N) is 4. The third kappa shape index (κ3) is 3.65. The Morgan fingerprint density at radius 1 is 1.03 bits per heavy atom. The number of imide groups is 1. The molecule has 0 radical (unpaired) electrons. The van der Waals surface area contributed by atoms with Crippen molar-refractivity contribution in [1.29, 1.82) is 0 Å². The Morgan fingerprint density at radius 2 is 1.82 bits per heavy atom. The van der Waals surface area contributed by atoms with Crippen LogP contribution >= 0.6 is 0 Å².